The van der Waals surface area contributed by atoms with Gasteiger partial charge in [0, 0.05) is 0 Å². The molecule has 1 amide bonds. The van der Waals surface area contributed by atoms with Crippen LogP contribution in [0.25, 0.3) is 0 Å². The first-order chi connectivity index (χ1) is 12.1. The summed E-state index contributed by atoms with van der Waals surface area (Å²) < 4.78 is 14.9. The van der Waals surface area contributed by atoms with Crippen LogP contribution >= 0.6 is 0 Å². The zero-order chi connectivity index (χ0) is 19.6. The molecule has 1 aromatic heterocycles. The Morgan fingerprint density at radius 2 is 2.00 bits per heavy atom. The fourth-order valence-corrected chi connectivity index (χ4v) is 2.97. The van der Waals surface area contributed by atoms with Gasteiger partial charge in [0.2, 0.25) is 5.88 Å². The SMILES string of the molecule is Cc1ccc(CCc2[nH]c(=O)n(C(C(=O)NO)C(C)(C)C)c2O)c(F)c1. The quantitative estimate of drug-likeness (QED) is 0.481. The summed E-state index contributed by atoms with van der Waals surface area (Å²) in [6.45, 7) is 6.89. The molecule has 0 bridgehead atoms. The van der Waals surface area contributed by atoms with Gasteiger partial charge >= 0.3 is 5.69 Å². The number of hydroxylamine groups is 1. The normalized spacial score (nSPS) is 12.8. The van der Waals surface area contributed by atoms with Gasteiger partial charge in [0.15, 0.2) is 0 Å². The van der Waals surface area contributed by atoms with Crippen LogP contribution < -0.4 is 11.2 Å². The molecule has 142 valence electrons. The summed E-state index contributed by atoms with van der Waals surface area (Å²) in [6, 6.07) is 3.74. The number of imidazole rings is 1. The monoisotopic (exact) mass is 365 g/mol. The van der Waals surface area contributed by atoms with Crippen LogP contribution in [0.2, 0.25) is 0 Å². The summed E-state index contributed by atoms with van der Waals surface area (Å²) in [5.41, 5.74) is 1.57. The molecule has 1 atom stereocenters. The Labute approximate surface area is 150 Å². The van der Waals surface area contributed by atoms with E-state index in [0.29, 0.717) is 5.56 Å². The molecule has 2 rings (SSSR count). The largest absolute Gasteiger partial charge is 0.493 e. The minimum Gasteiger partial charge on any atom is -0.493 e. The number of aryl methyl sites for hydroxylation is 3. The third-order valence-electron chi connectivity index (χ3n) is 4.26. The molecule has 8 heteroatoms. The predicted molar refractivity (Wildman–Crippen MR) is 93.7 cm³/mol. The van der Waals surface area contributed by atoms with Crippen LogP contribution in [0.5, 0.6) is 5.88 Å². The Morgan fingerprint density at radius 1 is 1.35 bits per heavy atom. The standard InChI is InChI=1S/C18H24FN3O4/c1-10-5-6-11(12(19)9-10)7-8-13-16(24)22(17(25)20-13)14(15(23)21-26)18(2,3)4/h5-6,9,14,24,26H,7-8H2,1-4H3,(H,20,25)(H,21,23). The van der Waals surface area contributed by atoms with Crippen LogP contribution in [-0.4, -0.2) is 25.8 Å². The van der Waals surface area contributed by atoms with Crippen LogP contribution in [0.4, 0.5) is 4.39 Å². The highest BCUT2D eigenvalue weighted by molar-refractivity contribution is 5.80. The number of nitrogens with zero attached hydrogens (tertiary/aromatic N) is 1. The van der Waals surface area contributed by atoms with E-state index < -0.39 is 28.9 Å². The number of halogens is 1. The van der Waals surface area contributed by atoms with E-state index in [-0.39, 0.29) is 24.4 Å². The second-order valence-electron chi connectivity index (χ2n) is 7.44. The smallest absolute Gasteiger partial charge is 0.329 e. The highest BCUT2D eigenvalue weighted by Crippen LogP contribution is 2.33. The summed E-state index contributed by atoms with van der Waals surface area (Å²) >= 11 is 0. The Hall–Kier alpha value is -2.61. The van der Waals surface area contributed by atoms with Crippen molar-refractivity contribution in [1.82, 2.24) is 15.0 Å². The zero-order valence-corrected chi connectivity index (χ0v) is 15.3. The molecular formula is C18H24FN3O4. The average molecular weight is 365 g/mol. The summed E-state index contributed by atoms with van der Waals surface area (Å²) in [5, 5.41) is 19.4. The molecule has 4 N–H and O–H groups in total. The number of rotatable bonds is 5. The molecule has 1 heterocycles. The van der Waals surface area contributed by atoms with E-state index in [0.717, 1.165) is 10.1 Å². The number of amides is 1. The summed E-state index contributed by atoms with van der Waals surface area (Å²) in [5.74, 6) is -1.56. The van der Waals surface area contributed by atoms with E-state index in [1.54, 1.807) is 39.8 Å². The second kappa shape index (κ2) is 7.33. The highest BCUT2D eigenvalue weighted by atomic mass is 19.1. The van der Waals surface area contributed by atoms with Crippen molar-refractivity contribution in [1.29, 1.82) is 0 Å². The highest BCUT2D eigenvalue weighted by Gasteiger charge is 2.36. The van der Waals surface area contributed by atoms with Gasteiger partial charge in [0.05, 0.1) is 5.69 Å². The van der Waals surface area contributed by atoms with Crippen molar-refractivity contribution in [2.75, 3.05) is 0 Å². The fraction of sp³-hybridized carbons (Fsp3) is 0.444. The van der Waals surface area contributed by atoms with Gasteiger partial charge in [-0.1, -0.05) is 32.9 Å². The molecule has 0 spiro atoms. The van der Waals surface area contributed by atoms with E-state index >= 15 is 0 Å². The minimum atomic E-state index is -1.12. The first-order valence-corrected chi connectivity index (χ1v) is 8.27. The fourth-order valence-electron chi connectivity index (χ4n) is 2.97. The van der Waals surface area contributed by atoms with Crippen molar-refractivity contribution in [3.05, 3.63) is 51.3 Å². The van der Waals surface area contributed by atoms with Crippen LogP contribution in [0.1, 0.15) is 43.6 Å². The number of benzene rings is 1. The number of aromatic amines is 1. The third kappa shape index (κ3) is 3.96. The zero-order valence-electron chi connectivity index (χ0n) is 15.3. The lowest BCUT2D eigenvalue weighted by Crippen LogP contribution is -2.41. The van der Waals surface area contributed by atoms with Gasteiger partial charge in [-0.3, -0.25) is 10.0 Å². The van der Waals surface area contributed by atoms with Crippen molar-refractivity contribution in [2.24, 2.45) is 5.41 Å². The Bertz CT molecular complexity index is 864. The molecule has 0 aliphatic rings. The van der Waals surface area contributed by atoms with Gasteiger partial charge in [-0.15, -0.1) is 0 Å². The van der Waals surface area contributed by atoms with Crippen LogP contribution in [0.3, 0.4) is 0 Å². The molecule has 0 aliphatic carbocycles. The Balaban J connectivity index is 2.34. The van der Waals surface area contributed by atoms with Crippen LogP contribution in [0, 0.1) is 18.2 Å². The number of carbonyl (C=O) groups is 1. The number of nitrogens with one attached hydrogen (secondary N) is 2. The molecule has 7 nitrogen and oxygen atoms in total. The number of aromatic nitrogens is 2. The van der Waals surface area contributed by atoms with Gasteiger partial charge in [-0.05, 0) is 42.4 Å². The maximum absolute atomic E-state index is 14.0. The summed E-state index contributed by atoms with van der Waals surface area (Å²) in [7, 11) is 0. The first-order valence-electron chi connectivity index (χ1n) is 8.27. The van der Waals surface area contributed by atoms with Crippen molar-refractivity contribution in [3.63, 3.8) is 0 Å². The van der Waals surface area contributed by atoms with Gasteiger partial charge < -0.3 is 10.1 Å². The maximum atomic E-state index is 14.0. The Morgan fingerprint density at radius 3 is 2.54 bits per heavy atom. The number of hydrogen-bond acceptors (Lipinski definition) is 4. The number of H-pyrrole nitrogens is 1. The van der Waals surface area contributed by atoms with Gasteiger partial charge in [-0.25, -0.2) is 19.2 Å². The lowest BCUT2D eigenvalue weighted by Gasteiger charge is -2.29. The van der Waals surface area contributed by atoms with Crippen molar-refractivity contribution in [3.8, 4) is 5.88 Å². The lowest BCUT2D eigenvalue weighted by atomic mass is 9.86. The molecule has 2 aromatic rings. The first kappa shape index (κ1) is 19.7. The molecule has 0 aliphatic heterocycles. The molecule has 1 unspecified atom stereocenters. The summed E-state index contributed by atoms with van der Waals surface area (Å²) in [4.78, 5) is 26.9. The van der Waals surface area contributed by atoms with E-state index in [1.165, 1.54) is 11.5 Å². The average Bonchev–Trinajstić information content (AvgIpc) is 2.80. The van der Waals surface area contributed by atoms with Crippen molar-refractivity contribution >= 4 is 5.91 Å². The molecule has 1 aromatic carbocycles. The molecular weight excluding hydrogens is 341 g/mol. The van der Waals surface area contributed by atoms with E-state index in [4.69, 9.17) is 5.21 Å². The van der Waals surface area contributed by atoms with Crippen molar-refractivity contribution in [2.45, 2.75) is 46.6 Å². The van der Waals surface area contributed by atoms with Gasteiger partial charge in [0.1, 0.15) is 11.9 Å². The molecule has 0 fully saturated rings. The topological polar surface area (TPSA) is 107 Å². The Kier molecular flexibility index (Phi) is 5.56. The second-order valence-corrected chi connectivity index (χ2v) is 7.44. The van der Waals surface area contributed by atoms with E-state index in [1.807, 2.05) is 0 Å². The van der Waals surface area contributed by atoms with Gasteiger partial charge in [-0.2, -0.15) is 0 Å². The van der Waals surface area contributed by atoms with Crippen LogP contribution in [-0.2, 0) is 17.6 Å². The number of carbonyl (C=O) groups excluding carboxylic acids is 1. The number of hydrogen-bond donors (Lipinski definition) is 4. The lowest BCUT2D eigenvalue weighted by molar-refractivity contribution is -0.136. The minimum absolute atomic E-state index is 0.186. The maximum Gasteiger partial charge on any atom is 0.329 e. The van der Waals surface area contributed by atoms with Crippen molar-refractivity contribution < 1.29 is 19.5 Å². The van der Waals surface area contributed by atoms with E-state index in [9.17, 15) is 19.1 Å². The van der Waals surface area contributed by atoms with Crippen LogP contribution in [0.15, 0.2) is 23.0 Å². The predicted octanol–water partition coefficient (Wildman–Crippen LogP) is 2.21. The molecule has 26 heavy (non-hydrogen) atoms. The molecule has 0 radical (unpaired) electrons. The summed E-state index contributed by atoms with van der Waals surface area (Å²) in [6.07, 6.45) is 0.456. The molecule has 0 saturated carbocycles. The molecule has 0 saturated heterocycles. The van der Waals surface area contributed by atoms with Gasteiger partial charge in [0.25, 0.3) is 5.91 Å². The third-order valence-corrected chi connectivity index (χ3v) is 4.26. The number of aromatic hydroxyl groups is 1. The van der Waals surface area contributed by atoms with E-state index in [2.05, 4.69) is 4.98 Å².